The molecule has 0 radical (unpaired) electrons. The Bertz CT molecular complexity index is 573. The Balaban J connectivity index is 2.08. The fourth-order valence-electron chi connectivity index (χ4n) is 2.96. The fraction of sp³-hybridized carbons (Fsp3) is 0.625. The van der Waals surface area contributed by atoms with Gasteiger partial charge in [-0.05, 0) is 0 Å². The van der Waals surface area contributed by atoms with Crippen molar-refractivity contribution in [1.29, 1.82) is 0 Å². The molecule has 0 aromatic heterocycles. The van der Waals surface area contributed by atoms with Crippen molar-refractivity contribution >= 4 is 28.5 Å². The molecule has 21 heavy (non-hydrogen) atoms. The molecule has 1 aliphatic carbocycles. The van der Waals surface area contributed by atoms with E-state index in [0.717, 1.165) is 28.8 Å². The molecule has 0 heterocycles. The van der Waals surface area contributed by atoms with E-state index in [2.05, 4.69) is 14.8 Å². The van der Waals surface area contributed by atoms with Crippen molar-refractivity contribution in [2.24, 2.45) is 0 Å². The molecular weight excluding hydrogens is 391 g/mol. The number of benzene rings is 1. The molecule has 2 unspecified atom stereocenters. The van der Waals surface area contributed by atoms with Crippen LogP contribution in [-0.2, 0) is 14.3 Å². The van der Waals surface area contributed by atoms with E-state index < -0.39 is 28.5 Å². The Morgan fingerprint density at radius 2 is 1.71 bits per heavy atom. The summed E-state index contributed by atoms with van der Waals surface area (Å²) in [4.78, 5) is 7.55. The van der Waals surface area contributed by atoms with Gasteiger partial charge in [0.25, 0.3) is 0 Å². The average molecular weight is 417 g/mol. The van der Waals surface area contributed by atoms with E-state index in [1.807, 2.05) is 19.1 Å². The van der Waals surface area contributed by atoms with Gasteiger partial charge >= 0.3 is 133 Å². The van der Waals surface area contributed by atoms with Crippen molar-refractivity contribution < 1.29 is 12.6 Å². The molecule has 0 saturated heterocycles. The molecule has 118 valence electrons. The van der Waals surface area contributed by atoms with Gasteiger partial charge in [0.05, 0.1) is 0 Å². The molecule has 2 atom stereocenters. The van der Waals surface area contributed by atoms with E-state index in [9.17, 15) is 8.42 Å². The Morgan fingerprint density at radius 1 is 1.10 bits per heavy atom. The van der Waals surface area contributed by atoms with Crippen molar-refractivity contribution in [3.05, 3.63) is 29.8 Å². The van der Waals surface area contributed by atoms with Crippen molar-refractivity contribution in [3.63, 3.8) is 0 Å². The molecule has 1 aliphatic rings. The summed E-state index contributed by atoms with van der Waals surface area (Å²) in [7, 11) is -3.62. The first-order valence-electron chi connectivity index (χ1n) is 7.68. The second-order valence-corrected chi connectivity index (χ2v) is 24.6. The third-order valence-electron chi connectivity index (χ3n) is 4.42. The van der Waals surface area contributed by atoms with Crippen LogP contribution in [0.2, 0.25) is 18.8 Å². The molecule has 0 spiro atoms. The molecule has 1 aromatic rings. The zero-order valence-electron chi connectivity index (χ0n) is 13.4. The Hall–Kier alpha value is -0.0713. The fourth-order valence-corrected chi connectivity index (χ4v) is 9.89. The van der Waals surface area contributed by atoms with Crippen LogP contribution < -0.4 is 0 Å². The van der Waals surface area contributed by atoms with Crippen molar-refractivity contribution in [1.82, 2.24) is 0 Å². The number of aryl methyl sites for hydroxylation is 1. The summed E-state index contributed by atoms with van der Waals surface area (Å²) in [6, 6.07) is 6.89. The van der Waals surface area contributed by atoms with Crippen LogP contribution in [0.4, 0.5) is 0 Å². The summed E-state index contributed by atoms with van der Waals surface area (Å²) in [6.07, 6.45) is 4.00. The van der Waals surface area contributed by atoms with Gasteiger partial charge < -0.3 is 0 Å². The van der Waals surface area contributed by atoms with E-state index >= 15 is 0 Å². The molecule has 5 heteroatoms. The van der Waals surface area contributed by atoms with Crippen molar-refractivity contribution in [2.75, 3.05) is 0 Å². The van der Waals surface area contributed by atoms with Crippen LogP contribution in [0.5, 0.6) is 0 Å². The molecule has 0 N–H and O–H groups in total. The summed E-state index contributed by atoms with van der Waals surface area (Å²) >= 11 is -1.97. The molecule has 3 nitrogen and oxygen atoms in total. The van der Waals surface area contributed by atoms with Gasteiger partial charge in [0, 0.05) is 0 Å². The maximum absolute atomic E-state index is 12.4. The Morgan fingerprint density at radius 3 is 2.29 bits per heavy atom. The minimum absolute atomic E-state index is 0.133. The number of hydrogen-bond donors (Lipinski definition) is 0. The van der Waals surface area contributed by atoms with Crippen LogP contribution in [0.3, 0.4) is 0 Å². The predicted molar refractivity (Wildman–Crippen MR) is 88.8 cm³/mol. The molecule has 1 fully saturated rings. The SMILES string of the molecule is Cc1ccc(S(=O)(=O)OC2CCC[CH]([Sn]([CH3])([CH3])[CH3])C2)cc1. The molecule has 1 saturated carbocycles. The van der Waals surface area contributed by atoms with Crippen LogP contribution >= 0.6 is 0 Å². The van der Waals surface area contributed by atoms with Crippen molar-refractivity contribution in [2.45, 2.75) is 62.4 Å². The summed E-state index contributed by atoms with van der Waals surface area (Å²) in [5.41, 5.74) is 1.05. The Labute approximate surface area is 133 Å². The first-order valence-corrected chi connectivity index (χ1v) is 19.3. The maximum atomic E-state index is 12.4. The molecule has 0 aliphatic heterocycles. The van der Waals surface area contributed by atoms with Gasteiger partial charge in [0.2, 0.25) is 0 Å². The van der Waals surface area contributed by atoms with Crippen LogP contribution in [0, 0.1) is 6.92 Å². The van der Waals surface area contributed by atoms with E-state index in [-0.39, 0.29) is 11.0 Å². The molecule has 2 rings (SSSR count). The normalized spacial score (nSPS) is 24.0. The van der Waals surface area contributed by atoms with Crippen LogP contribution in [-0.4, -0.2) is 32.9 Å². The van der Waals surface area contributed by atoms with E-state index in [0.29, 0.717) is 0 Å². The minimum atomic E-state index is -3.62. The van der Waals surface area contributed by atoms with Crippen molar-refractivity contribution in [3.8, 4) is 0 Å². The standard InChI is InChI=1S/C13H17O3S.3CH3.Sn/c1-11-7-9-13(10-8-11)17(14,15)16-12-5-3-2-4-6-12;;;;/h3,7-10,12H,2,4-6H2,1H3;3*1H3;. The molecule has 0 amide bonds. The van der Waals surface area contributed by atoms with Gasteiger partial charge in [0.15, 0.2) is 0 Å². The topological polar surface area (TPSA) is 43.4 Å². The molecular formula is C16H26O3SSn. The van der Waals surface area contributed by atoms with Gasteiger partial charge in [-0.25, -0.2) is 0 Å². The van der Waals surface area contributed by atoms with E-state index in [1.165, 1.54) is 6.42 Å². The zero-order chi connectivity index (χ0) is 15.7. The van der Waals surface area contributed by atoms with Gasteiger partial charge in [0.1, 0.15) is 0 Å². The third kappa shape index (κ3) is 4.70. The van der Waals surface area contributed by atoms with Gasteiger partial charge in [-0.1, -0.05) is 0 Å². The van der Waals surface area contributed by atoms with Crippen LogP contribution in [0.15, 0.2) is 29.2 Å². The second-order valence-electron chi connectivity index (χ2n) is 7.21. The average Bonchev–Trinajstić information content (AvgIpc) is 2.38. The van der Waals surface area contributed by atoms with Crippen LogP contribution in [0.1, 0.15) is 31.2 Å². The first-order chi connectivity index (χ1) is 9.68. The van der Waals surface area contributed by atoms with Crippen LogP contribution in [0.25, 0.3) is 0 Å². The van der Waals surface area contributed by atoms with Gasteiger partial charge in [-0.15, -0.1) is 0 Å². The summed E-state index contributed by atoms with van der Waals surface area (Å²) in [5, 5.41) is 0. The second kappa shape index (κ2) is 6.59. The van der Waals surface area contributed by atoms with E-state index in [4.69, 9.17) is 4.18 Å². The van der Waals surface area contributed by atoms with Gasteiger partial charge in [-0.3, -0.25) is 0 Å². The zero-order valence-corrected chi connectivity index (χ0v) is 17.1. The summed E-state index contributed by atoms with van der Waals surface area (Å²) < 4.78 is 31.0. The summed E-state index contributed by atoms with van der Waals surface area (Å²) in [6.45, 7) is 1.94. The Kier molecular flexibility index (Phi) is 5.42. The number of hydrogen-bond acceptors (Lipinski definition) is 3. The molecule has 1 aromatic carbocycles. The first kappa shape index (κ1) is 17.3. The third-order valence-corrected chi connectivity index (χ3v) is 14.3. The quantitative estimate of drug-likeness (QED) is 0.541. The number of rotatable bonds is 4. The monoisotopic (exact) mass is 418 g/mol. The van der Waals surface area contributed by atoms with E-state index in [1.54, 1.807) is 12.1 Å². The summed E-state index contributed by atoms with van der Waals surface area (Å²) in [5.74, 6) is 0. The molecule has 0 bridgehead atoms. The predicted octanol–water partition coefficient (Wildman–Crippen LogP) is 4.35. The van der Waals surface area contributed by atoms with Gasteiger partial charge in [-0.2, -0.15) is 0 Å².